The summed E-state index contributed by atoms with van der Waals surface area (Å²) in [6.07, 6.45) is -0.169. The SMILES string of the molecule is CCOC(C)c1noc(CNC(=NC)NCCN(C(C)C)C(C)C)n1.I. The summed E-state index contributed by atoms with van der Waals surface area (Å²) in [4.78, 5) is 11.0. The van der Waals surface area contributed by atoms with Crippen molar-refractivity contribution in [3.05, 3.63) is 11.7 Å². The average Bonchev–Trinajstić information content (AvgIpc) is 3.02. The molecule has 2 N–H and O–H groups in total. The molecule has 0 fully saturated rings. The van der Waals surface area contributed by atoms with Gasteiger partial charge in [0.2, 0.25) is 5.89 Å². The molecule has 0 saturated heterocycles. The van der Waals surface area contributed by atoms with Crippen molar-refractivity contribution < 1.29 is 9.26 Å². The van der Waals surface area contributed by atoms with E-state index in [1.165, 1.54) is 0 Å². The van der Waals surface area contributed by atoms with Crippen LogP contribution in [0.2, 0.25) is 0 Å². The lowest BCUT2D eigenvalue weighted by Crippen LogP contribution is -2.45. The fraction of sp³-hybridized carbons (Fsp3) is 0.824. The number of halogens is 1. The van der Waals surface area contributed by atoms with Crippen molar-refractivity contribution in [3.8, 4) is 0 Å². The zero-order valence-corrected chi connectivity index (χ0v) is 19.4. The van der Waals surface area contributed by atoms with E-state index in [1.54, 1.807) is 7.05 Å². The molecule has 0 spiro atoms. The fourth-order valence-corrected chi connectivity index (χ4v) is 2.63. The van der Waals surface area contributed by atoms with Crippen LogP contribution in [-0.2, 0) is 11.3 Å². The summed E-state index contributed by atoms with van der Waals surface area (Å²) in [7, 11) is 1.74. The van der Waals surface area contributed by atoms with E-state index in [4.69, 9.17) is 9.26 Å². The molecule has 1 heterocycles. The fourth-order valence-electron chi connectivity index (χ4n) is 2.63. The van der Waals surface area contributed by atoms with Gasteiger partial charge in [-0.25, -0.2) is 0 Å². The van der Waals surface area contributed by atoms with Crippen LogP contribution in [0.1, 0.15) is 59.4 Å². The number of aromatic nitrogens is 2. The van der Waals surface area contributed by atoms with Crippen LogP contribution in [0.5, 0.6) is 0 Å². The van der Waals surface area contributed by atoms with Gasteiger partial charge >= 0.3 is 0 Å². The van der Waals surface area contributed by atoms with Crippen molar-refractivity contribution in [2.24, 2.45) is 4.99 Å². The molecule has 0 aliphatic heterocycles. The molecular weight excluding hydrogens is 447 g/mol. The van der Waals surface area contributed by atoms with Gasteiger partial charge < -0.3 is 19.9 Å². The molecule has 0 radical (unpaired) electrons. The van der Waals surface area contributed by atoms with Crippen molar-refractivity contribution in [3.63, 3.8) is 0 Å². The normalized spacial score (nSPS) is 13.2. The minimum atomic E-state index is -0.169. The van der Waals surface area contributed by atoms with Crippen LogP contribution < -0.4 is 10.6 Å². The van der Waals surface area contributed by atoms with Gasteiger partial charge in [-0.2, -0.15) is 4.98 Å². The Kier molecular flexibility index (Phi) is 12.8. The van der Waals surface area contributed by atoms with Gasteiger partial charge in [0.15, 0.2) is 11.8 Å². The van der Waals surface area contributed by atoms with E-state index >= 15 is 0 Å². The summed E-state index contributed by atoms with van der Waals surface area (Å²) < 4.78 is 10.7. The van der Waals surface area contributed by atoms with E-state index in [0.29, 0.717) is 42.9 Å². The average molecular weight is 482 g/mol. The maximum absolute atomic E-state index is 5.46. The van der Waals surface area contributed by atoms with E-state index in [1.807, 2.05) is 13.8 Å². The van der Waals surface area contributed by atoms with Crippen LogP contribution in [0.4, 0.5) is 0 Å². The third kappa shape index (κ3) is 8.63. The van der Waals surface area contributed by atoms with Gasteiger partial charge in [-0.1, -0.05) is 5.16 Å². The van der Waals surface area contributed by atoms with E-state index in [-0.39, 0.29) is 30.1 Å². The summed E-state index contributed by atoms with van der Waals surface area (Å²) in [5, 5.41) is 10.4. The van der Waals surface area contributed by atoms with Crippen molar-refractivity contribution >= 4 is 29.9 Å². The van der Waals surface area contributed by atoms with Crippen LogP contribution in [-0.4, -0.2) is 59.8 Å². The standard InChI is InChI=1S/C17H34N6O2.HI/c1-8-24-14(6)16-21-15(25-22-16)11-20-17(18-7)19-9-10-23(12(2)3)13(4)5;/h12-14H,8-11H2,1-7H3,(H2,18,19,20);1H. The molecule has 9 heteroatoms. The quantitative estimate of drug-likeness (QED) is 0.301. The van der Waals surface area contributed by atoms with Crippen molar-refractivity contribution in [1.82, 2.24) is 25.7 Å². The Bertz CT molecular complexity index is 513. The monoisotopic (exact) mass is 482 g/mol. The van der Waals surface area contributed by atoms with Gasteiger partial charge in [0, 0.05) is 38.8 Å². The van der Waals surface area contributed by atoms with Gasteiger partial charge in [0.05, 0.1) is 6.54 Å². The van der Waals surface area contributed by atoms with Crippen LogP contribution >= 0.6 is 24.0 Å². The van der Waals surface area contributed by atoms with E-state index < -0.39 is 0 Å². The first kappa shape index (κ1) is 25.1. The first-order chi connectivity index (χ1) is 11.9. The molecule has 1 atom stereocenters. The molecule has 152 valence electrons. The Morgan fingerprint density at radius 1 is 1.19 bits per heavy atom. The molecule has 0 bridgehead atoms. The molecule has 8 nitrogen and oxygen atoms in total. The summed E-state index contributed by atoms with van der Waals surface area (Å²) in [5.74, 6) is 1.78. The Morgan fingerprint density at radius 2 is 1.85 bits per heavy atom. The third-order valence-corrected chi connectivity index (χ3v) is 3.88. The second kappa shape index (κ2) is 13.3. The Hall–Kier alpha value is -0.940. The van der Waals surface area contributed by atoms with E-state index in [2.05, 4.69) is 58.4 Å². The highest BCUT2D eigenvalue weighted by Gasteiger charge is 2.15. The summed E-state index contributed by atoms with van der Waals surface area (Å²) >= 11 is 0. The highest BCUT2D eigenvalue weighted by atomic mass is 127. The highest BCUT2D eigenvalue weighted by molar-refractivity contribution is 14.0. The second-order valence-corrected chi connectivity index (χ2v) is 6.42. The van der Waals surface area contributed by atoms with Crippen molar-refractivity contribution in [1.29, 1.82) is 0 Å². The molecular formula is C17H35IN6O2. The molecule has 1 rings (SSSR count). The number of hydrogen-bond donors (Lipinski definition) is 2. The number of rotatable bonds is 10. The molecule has 0 aromatic carbocycles. The lowest BCUT2D eigenvalue weighted by atomic mass is 10.2. The molecule has 1 aromatic rings. The Balaban J connectivity index is 0.00000625. The largest absolute Gasteiger partial charge is 0.371 e. The zero-order valence-electron chi connectivity index (χ0n) is 17.1. The minimum Gasteiger partial charge on any atom is -0.371 e. The molecule has 26 heavy (non-hydrogen) atoms. The van der Waals surface area contributed by atoms with Crippen molar-refractivity contribution in [2.75, 3.05) is 26.7 Å². The Morgan fingerprint density at radius 3 is 2.38 bits per heavy atom. The first-order valence-electron chi connectivity index (χ1n) is 9.03. The number of hydrogen-bond acceptors (Lipinski definition) is 6. The van der Waals surface area contributed by atoms with Gasteiger partial charge in [0.1, 0.15) is 6.10 Å². The molecule has 1 unspecified atom stereocenters. The number of guanidine groups is 1. The van der Waals surface area contributed by atoms with Crippen molar-refractivity contribution in [2.45, 2.75) is 66.3 Å². The maximum Gasteiger partial charge on any atom is 0.246 e. The molecule has 0 amide bonds. The lowest BCUT2D eigenvalue weighted by molar-refractivity contribution is 0.0683. The summed E-state index contributed by atoms with van der Waals surface area (Å²) in [6, 6.07) is 1.03. The number of nitrogens with zero attached hydrogens (tertiary/aromatic N) is 4. The second-order valence-electron chi connectivity index (χ2n) is 6.42. The number of aliphatic imine (C=N–C) groups is 1. The van der Waals surface area contributed by atoms with Crippen LogP contribution in [0, 0.1) is 0 Å². The van der Waals surface area contributed by atoms with Gasteiger partial charge in [0.25, 0.3) is 0 Å². The molecule has 0 saturated carbocycles. The minimum absolute atomic E-state index is 0. The van der Waals surface area contributed by atoms with Crippen LogP contribution in [0.3, 0.4) is 0 Å². The maximum atomic E-state index is 5.46. The van der Waals surface area contributed by atoms with Gasteiger partial charge in [-0.15, -0.1) is 24.0 Å². The van der Waals surface area contributed by atoms with Gasteiger partial charge in [-0.05, 0) is 41.5 Å². The lowest BCUT2D eigenvalue weighted by Gasteiger charge is -2.30. The number of nitrogens with one attached hydrogen (secondary N) is 2. The topological polar surface area (TPSA) is 87.8 Å². The third-order valence-electron chi connectivity index (χ3n) is 3.88. The molecule has 1 aromatic heterocycles. The Labute approximate surface area is 174 Å². The number of ether oxygens (including phenoxy) is 1. The highest BCUT2D eigenvalue weighted by Crippen LogP contribution is 2.12. The molecule has 0 aliphatic rings. The van der Waals surface area contributed by atoms with Gasteiger partial charge in [-0.3, -0.25) is 9.89 Å². The molecule has 0 aliphatic carbocycles. The predicted octanol–water partition coefficient (Wildman–Crippen LogP) is 2.57. The zero-order chi connectivity index (χ0) is 18.8. The van der Waals surface area contributed by atoms with E-state index in [9.17, 15) is 0 Å². The smallest absolute Gasteiger partial charge is 0.246 e. The van der Waals surface area contributed by atoms with Crippen LogP contribution in [0.15, 0.2) is 9.52 Å². The predicted molar refractivity (Wildman–Crippen MR) is 115 cm³/mol. The van der Waals surface area contributed by atoms with E-state index in [0.717, 1.165) is 13.1 Å². The van der Waals surface area contributed by atoms with Crippen LogP contribution in [0.25, 0.3) is 0 Å². The first-order valence-corrected chi connectivity index (χ1v) is 9.03. The summed E-state index contributed by atoms with van der Waals surface area (Å²) in [6.45, 7) is 15.5. The summed E-state index contributed by atoms with van der Waals surface area (Å²) in [5.41, 5.74) is 0.